The lowest BCUT2D eigenvalue weighted by Crippen LogP contribution is -2.41. The van der Waals surface area contributed by atoms with Crippen molar-refractivity contribution in [1.29, 1.82) is 0 Å². The molecule has 6 heteroatoms. The summed E-state index contributed by atoms with van der Waals surface area (Å²) in [4.78, 5) is 46.0. The van der Waals surface area contributed by atoms with Crippen LogP contribution in [0.25, 0.3) is 0 Å². The highest BCUT2D eigenvalue weighted by atomic mass is 19.1. The van der Waals surface area contributed by atoms with Crippen LogP contribution in [0, 0.1) is 5.82 Å². The Morgan fingerprint density at radius 1 is 1.21 bits per heavy atom. The summed E-state index contributed by atoms with van der Waals surface area (Å²) in [5.41, 5.74) is -0.367. The molecule has 2 amide bonds. The van der Waals surface area contributed by atoms with Crippen LogP contribution >= 0.6 is 0 Å². The number of nitrogens with zero attached hydrogens (tertiary/aromatic N) is 1. The number of carbonyl (C=O) groups is 4. The first-order valence-corrected chi connectivity index (χ1v) is 5.67. The van der Waals surface area contributed by atoms with E-state index in [1.54, 1.807) is 0 Å². The normalized spacial score (nSPS) is 15.3. The highest BCUT2D eigenvalue weighted by molar-refractivity contribution is 6.22. The molecule has 2 rings (SSSR count). The molecule has 0 spiro atoms. The fourth-order valence-electron chi connectivity index (χ4n) is 2.06. The third-order valence-corrected chi connectivity index (χ3v) is 2.96. The lowest BCUT2D eigenvalue weighted by Gasteiger charge is -2.20. The Bertz CT molecular complexity index is 570. The number of benzene rings is 1. The maximum atomic E-state index is 13.6. The van der Waals surface area contributed by atoms with E-state index in [4.69, 9.17) is 0 Å². The van der Waals surface area contributed by atoms with Gasteiger partial charge in [-0.3, -0.25) is 14.5 Å². The molecular weight excluding hydrogens is 253 g/mol. The van der Waals surface area contributed by atoms with Gasteiger partial charge in [0, 0.05) is 6.42 Å². The zero-order chi connectivity index (χ0) is 14.0. The van der Waals surface area contributed by atoms with Crippen LogP contribution < -0.4 is 0 Å². The molecule has 0 radical (unpaired) electrons. The molecule has 1 aliphatic heterocycles. The smallest absolute Gasteiger partial charge is 0.265 e. The first-order valence-electron chi connectivity index (χ1n) is 5.67. The number of halogens is 1. The second kappa shape index (κ2) is 5.09. The Balaban J connectivity index is 2.39. The molecule has 0 saturated carbocycles. The van der Waals surface area contributed by atoms with Gasteiger partial charge in [-0.1, -0.05) is 6.07 Å². The molecule has 0 saturated heterocycles. The van der Waals surface area contributed by atoms with E-state index in [9.17, 15) is 23.6 Å². The van der Waals surface area contributed by atoms with Crippen molar-refractivity contribution in [3.8, 4) is 0 Å². The predicted molar refractivity (Wildman–Crippen MR) is 62.1 cm³/mol. The van der Waals surface area contributed by atoms with E-state index in [1.165, 1.54) is 12.1 Å². The van der Waals surface area contributed by atoms with Gasteiger partial charge in [-0.25, -0.2) is 4.39 Å². The first kappa shape index (κ1) is 13.1. The summed E-state index contributed by atoms with van der Waals surface area (Å²) in [6, 6.07) is 2.69. The average molecular weight is 263 g/mol. The fraction of sp³-hybridized carbons (Fsp3) is 0.231. The highest BCUT2D eigenvalue weighted by Crippen LogP contribution is 2.27. The van der Waals surface area contributed by atoms with E-state index in [0.717, 1.165) is 6.07 Å². The predicted octanol–water partition coefficient (Wildman–Crippen LogP) is 0.968. The number of aldehydes is 2. The van der Waals surface area contributed by atoms with E-state index >= 15 is 0 Å². The molecular formula is C13H10FNO4. The van der Waals surface area contributed by atoms with Crippen molar-refractivity contribution in [2.24, 2.45) is 0 Å². The molecule has 5 nitrogen and oxygen atoms in total. The van der Waals surface area contributed by atoms with Gasteiger partial charge in [0.15, 0.2) is 0 Å². The molecule has 0 bridgehead atoms. The van der Waals surface area contributed by atoms with Crippen molar-refractivity contribution in [3.63, 3.8) is 0 Å². The van der Waals surface area contributed by atoms with Crippen molar-refractivity contribution in [3.05, 3.63) is 35.1 Å². The van der Waals surface area contributed by atoms with Crippen molar-refractivity contribution in [1.82, 2.24) is 4.90 Å². The Labute approximate surface area is 108 Å². The minimum absolute atomic E-state index is 0.0410. The zero-order valence-electron chi connectivity index (χ0n) is 9.84. The molecule has 0 aliphatic carbocycles. The van der Waals surface area contributed by atoms with E-state index in [2.05, 4.69) is 0 Å². The van der Waals surface area contributed by atoms with Crippen LogP contribution in [-0.4, -0.2) is 35.3 Å². The van der Waals surface area contributed by atoms with Gasteiger partial charge in [0.05, 0.1) is 17.2 Å². The summed E-state index contributed by atoms with van der Waals surface area (Å²) >= 11 is 0. The SMILES string of the molecule is O=CCCC(C=O)N1C(=O)c2cccc(F)c2C1=O. The number of fused-ring (bicyclic) bond motifs is 1. The van der Waals surface area contributed by atoms with Gasteiger partial charge in [-0.05, 0) is 18.6 Å². The molecule has 1 aromatic carbocycles. The summed E-state index contributed by atoms with van der Waals surface area (Å²) in [5.74, 6) is -2.33. The number of hydrogen-bond acceptors (Lipinski definition) is 4. The first-order chi connectivity index (χ1) is 9.11. The molecule has 98 valence electrons. The minimum atomic E-state index is -1.04. The molecule has 1 unspecified atom stereocenters. The van der Waals surface area contributed by atoms with Crippen molar-refractivity contribution in [2.75, 3.05) is 0 Å². The van der Waals surface area contributed by atoms with Gasteiger partial charge in [-0.2, -0.15) is 0 Å². The van der Waals surface area contributed by atoms with E-state index in [0.29, 0.717) is 17.5 Å². The van der Waals surface area contributed by atoms with Crippen LogP contribution in [-0.2, 0) is 9.59 Å². The Morgan fingerprint density at radius 2 is 1.95 bits per heavy atom. The average Bonchev–Trinajstić information content (AvgIpc) is 2.66. The van der Waals surface area contributed by atoms with E-state index in [-0.39, 0.29) is 24.0 Å². The largest absolute Gasteiger partial charge is 0.303 e. The third kappa shape index (κ3) is 2.05. The zero-order valence-corrected chi connectivity index (χ0v) is 9.84. The number of hydrogen-bond donors (Lipinski definition) is 0. The Morgan fingerprint density at radius 3 is 2.53 bits per heavy atom. The van der Waals surface area contributed by atoms with Crippen LogP contribution in [0.2, 0.25) is 0 Å². The second-order valence-electron chi connectivity index (χ2n) is 4.09. The third-order valence-electron chi connectivity index (χ3n) is 2.96. The van der Waals surface area contributed by atoms with Crippen molar-refractivity contribution < 1.29 is 23.6 Å². The number of imide groups is 1. The van der Waals surface area contributed by atoms with Crippen LogP contribution in [0.15, 0.2) is 18.2 Å². The number of carbonyl (C=O) groups excluding carboxylic acids is 4. The summed E-state index contributed by atoms with van der Waals surface area (Å²) in [5, 5.41) is 0. The molecule has 1 atom stereocenters. The lowest BCUT2D eigenvalue weighted by molar-refractivity contribution is -0.112. The van der Waals surface area contributed by atoms with Gasteiger partial charge in [-0.15, -0.1) is 0 Å². The van der Waals surface area contributed by atoms with E-state index < -0.39 is 23.7 Å². The number of rotatable bonds is 5. The van der Waals surface area contributed by atoms with Gasteiger partial charge in [0.2, 0.25) is 0 Å². The summed E-state index contributed by atoms with van der Waals surface area (Å²) in [6.45, 7) is 0. The lowest BCUT2D eigenvalue weighted by atomic mass is 10.1. The molecule has 0 aromatic heterocycles. The molecule has 1 aromatic rings. The van der Waals surface area contributed by atoms with Crippen LogP contribution in [0.1, 0.15) is 33.6 Å². The monoisotopic (exact) mass is 263 g/mol. The summed E-state index contributed by atoms with van der Waals surface area (Å²) in [6.07, 6.45) is 1.09. The fourth-order valence-corrected chi connectivity index (χ4v) is 2.06. The molecule has 1 aliphatic rings. The van der Waals surface area contributed by atoms with Crippen LogP contribution in [0.3, 0.4) is 0 Å². The van der Waals surface area contributed by atoms with Gasteiger partial charge >= 0.3 is 0 Å². The van der Waals surface area contributed by atoms with E-state index in [1.807, 2.05) is 0 Å². The molecule has 0 fully saturated rings. The maximum absolute atomic E-state index is 13.6. The van der Waals surface area contributed by atoms with Gasteiger partial charge in [0.1, 0.15) is 18.4 Å². The molecule has 19 heavy (non-hydrogen) atoms. The molecule has 0 N–H and O–H groups in total. The maximum Gasteiger partial charge on any atom is 0.265 e. The quantitative estimate of drug-likeness (QED) is 0.586. The van der Waals surface area contributed by atoms with Gasteiger partial charge < -0.3 is 9.59 Å². The van der Waals surface area contributed by atoms with Gasteiger partial charge in [0.25, 0.3) is 11.8 Å². The van der Waals surface area contributed by atoms with Crippen LogP contribution in [0.4, 0.5) is 4.39 Å². The van der Waals surface area contributed by atoms with Crippen LogP contribution in [0.5, 0.6) is 0 Å². The minimum Gasteiger partial charge on any atom is -0.303 e. The number of amides is 2. The Kier molecular flexibility index (Phi) is 3.50. The molecule has 1 heterocycles. The van der Waals surface area contributed by atoms with Crippen molar-refractivity contribution >= 4 is 24.4 Å². The summed E-state index contributed by atoms with van der Waals surface area (Å²) in [7, 11) is 0. The Hall–Kier alpha value is -2.37. The highest BCUT2D eigenvalue weighted by Gasteiger charge is 2.41. The summed E-state index contributed by atoms with van der Waals surface area (Å²) < 4.78 is 13.6. The van der Waals surface area contributed by atoms with Crippen molar-refractivity contribution in [2.45, 2.75) is 18.9 Å². The second-order valence-corrected chi connectivity index (χ2v) is 4.09. The standard InChI is InChI=1S/C13H10FNO4/c14-10-5-1-4-9-11(10)13(19)15(12(9)18)8(7-17)3-2-6-16/h1,4-8H,2-3H2. The topological polar surface area (TPSA) is 71.5 Å².